The number of benzene rings is 1. The Labute approximate surface area is 108 Å². The monoisotopic (exact) mass is 277 g/mol. The van der Waals surface area contributed by atoms with Crippen LogP contribution >= 0.6 is 25.3 Å². The van der Waals surface area contributed by atoms with Crippen LogP contribution in [0.1, 0.15) is 13.8 Å². The normalized spacial score (nSPS) is 12.1. The molecule has 1 aromatic carbocycles. The molecule has 0 unspecified atom stereocenters. The van der Waals surface area contributed by atoms with E-state index in [0.29, 0.717) is 22.9 Å². The Balaban J connectivity index is 3.33. The molecule has 0 saturated carbocycles. The van der Waals surface area contributed by atoms with Gasteiger partial charge in [0.2, 0.25) is 10.0 Å². The molecular weight excluding hydrogens is 262 g/mol. The van der Waals surface area contributed by atoms with E-state index in [1.807, 2.05) is 13.8 Å². The quantitative estimate of drug-likeness (QED) is 0.829. The highest BCUT2D eigenvalue weighted by Gasteiger charge is 2.24. The fourth-order valence-corrected chi connectivity index (χ4v) is 3.76. The van der Waals surface area contributed by atoms with E-state index >= 15 is 0 Å². The molecule has 0 radical (unpaired) electrons. The van der Waals surface area contributed by atoms with Gasteiger partial charge in [-0.25, -0.2) is 8.42 Å². The zero-order valence-corrected chi connectivity index (χ0v) is 11.8. The van der Waals surface area contributed by atoms with Crippen LogP contribution in [0.5, 0.6) is 0 Å². The number of sulfonamides is 1. The third-order valence-corrected chi connectivity index (χ3v) is 5.58. The van der Waals surface area contributed by atoms with Crippen molar-refractivity contribution >= 4 is 35.3 Å². The standard InChI is InChI=1S/C10H15NO2S3/c1-3-11(4-2)16(12,13)9-7-5-6-8(14)10(9)15/h5-7,14-15H,3-4H2,1-2H3. The second-order valence-corrected chi connectivity index (χ2v) is 6.05. The average molecular weight is 277 g/mol. The van der Waals surface area contributed by atoms with E-state index in [-0.39, 0.29) is 4.90 Å². The molecular formula is C10H15NO2S3. The van der Waals surface area contributed by atoms with Crippen LogP contribution in [-0.4, -0.2) is 25.8 Å². The number of thiol groups is 2. The highest BCUT2D eigenvalue weighted by Crippen LogP contribution is 2.28. The van der Waals surface area contributed by atoms with Gasteiger partial charge in [-0.3, -0.25) is 0 Å². The summed E-state index contributed by atoms with van der Waals surface area (Å²) in [7, 11) is -3.45. The first-order valence-corrected chi connectivity index (χ1v) is 7.29. The van der Waals surface area contributed by atoms with E-state index in [1.54, 1.807) is 18.2 Å². The van der Waals surface area contributed by atoms with Gasteiger partial charge in [0.05, 0.1) is 4.90 Å². The lowest BCUT2D eigenvalue weighted by molar-refractivity contribution is 0.443. The van der Waals surface area contributed by atoms with Gasteiger partial charge in [0.15, 0.2) is 0 Å². The lowest BCUT2D eigenvalue weighted by atomic mass is 10.4. The summed E-state index contributed by atoms with van der Waals surface area (Å²) in [5, 5.41) is 0. The summed E-state index contributed by atoms with van der Waals surface area (Å²) in [5.41, 5.74) is 0. The van der Waals surface area contributed by atoms with Gasteiger partial charge in [-0.05, 0) is 12.1 Å². The minimum absolute atomic E-state index is 0.215. The van der Waals surface area contributed by atoms with E-state index < -0.39 is 10.0 Å². The molecule has 0 aliphatic rings. The van der Waals surface area contributed by atoms with E-state index in [0.717, 1.165) is 0 Å². The Kier molecular flexibility index (Phi) is 4.73. The second-order valence-electron chi connectivity index (χ2n) is 3.21. The lowest BCUT2D eigenvalue weighted by Crippen LogP contribution is -2.30. The molecule has 16 heavy (non-hydrogen) atoms. The maximum absolute atomic E-state index is 12.2. The predicted octanol–water partition coefficient (Wildman–Crippen LogP) is 2.29. The maximum atomic E-state index is 12.2. The third kappa shape index (κ3) is 2.56. The molecule has 0 aliphatic carbocycles. The third-order valence-electron chi connectivity index (χ3n) is 2.30. The van der Waals surface area contributed by atoms with E-state index in [9.17, 15) is 8.42 Å². The van der Waals surface area contributed by atoms with Crippen molar-refractivity contribution in [1.82, 2.24) is 4.31 Å². The van der Waals surface area contributed by atoms with E-state index in [1.165, 1.54) is 4.31 Å². The minimum Gasteiger partial charge on any atom is -0.207 e. The highest BCUT2D eigenvalue weighted by molar-refractivity contribution is 7.90. The molecule has 0 bridgehead atoms. The summed E-state index contributed by atoms with van der Waals surface area (Å²) in [5.74, 6) is 0. The predicted molar refractivity (Wildman–Crippen MR) is 71.1 cm³/mol. The van der Waals surface area contributed by atoms with Gasteiger partial charge in [0.25, 0.3) is 0 Å². The summed E-state index contributed by atoms with van der Waals surface area (Å²) >= 11 is 8.36. The van der Waals surface area contributed by atoms with Gasteiger partial charge in [-0.1, -0.05) is 19.9 Å². The number of rotatable bonds is 4. The summed E-state index contributed by atoms with van der Waals surface area (Å²) in [6, 6.07) is 4.93. The van der Waals surface area contributed by atoms with Crippen molar-refractivity contribution in [2.24, 2.45) is 0 Å². The highest BCUT2D eigenvalue weighted by atomic mass is 32.2. The average Bonchev–Trinajstić information content (AvgIpc) is 2.23. The molecule has 0 N–H and O–H groups in total. The molecule has 3 nitrogen and oxygen atoms in total. The van der Waals surface area contributed by atoms with Gasteiger partial charge in [0.1, 0.15) is 0 Å². The summed E-state index contributed by atoms with van der Waals surface area (Å²) < 4.78 is 25.8. The largest absolute Gasteiger partial charge is 0.244 e. The Morgan fingerprint density at radius 2 is 1.75 bits per heavy atom. The molecule has 0 heterocycles. The van der Waals surface area contributed by atoms with E-state index in [2.05, 4.69) is 25.3 Å². The molecule has 0 amide bonds. The smallest absolute Gasteiger partial charge is 0.207 e. The van der Waals surface area contributed by atoms with Gasteiger partial charge in [-0.2, -0.15) is 4.31 Å². The Morgan fingerprint density at radius 1 is 1.19 bits per heavy atom. The minimum atomic E-state index is -3.45. The van der Waals surface area contributed by atoms with Crippen LogP contribution < -0.4 is 0 Å². The molecule has 0 fully saturated rings. The van der Waals surface area contributed by atoms with Crippen molar-refractivity contribution in [2.75, 3.05) is 13.1 Å². The van der Waals surface area contributed by atoms with Crippen LogP contribution in [0.15, 0.2) is 32.9 Å². The first kappa shape index (κ1) is 13.9. The zero-order chi connectivity index (χ0) is 12.3. The molecule has 1 rings (SSSR count). The fraction of sp³-hybridized carbons (Fsp3) is 0.400. The van der Waals surface area contributed by atoms with Crippen LogP contribution in [0.2, 0.25) is 0 Å². The lowest BCUT2D eigenvalue weighted by Gasteiger charge is -2.19. The molecule has 1 aromatic rings. The first-order valence-electron chi connectivity index (χ1n) is 4.96. The molecule has 0 atom stereocenters. The van der Waals surface area contributed by atoms with Gasteiger partial charge in [0, 0.05) is 22.9 Å². The molecule has 0 spiro atoms. The SMILES string of the molecule is CCN(CC)S(=O)(=O)c1cccc(S)c1S. The summed E-state index contributed by atoms with van der Waals surface area (Å²) in [6.45, 7) is 4.51. The first-order chi connectivity index (χ1) is 7.45. The van der Waals surface area contributed by atoms with Crippen molar-refractivity contribution in [3.63, 3.8) is 0 Å². The summed E-state index contributed by atoms with van der Waals surface area (Å²) in [6.07, 6.45) is 0. The number of hydrogen-bond donors (Lipinski definition) is 2. The van der Waals surface area contributed by atoms with Gasteiger partial charge < -0.3 is 0 Å². The Hall–Kier alpha value is -0.170. The maximum Gasteiger partial charge on any atom is 0.244 e. The van der Waals surface area contributed by atoms with Crippen molar-refractivity contribution in [1.29, 1.82) is 0 Å². The van der Waals surface area contributed by atoms with Crippen molar-refractivity contribution in [3.05, 3.63) is 18.2 Å². The number of nitrogens with zero attached hydrogens (tertiary/aromatic N) is 1. The van der Waals surface area contributed by atoms with Crippen LogP contribution in [0.3, 0.4) is 0 Å². The van der Waals surface area contributed by atoms with Gasteiger partial charge >= 0.3 is 0 Å². The van der Waals surface area contributed by atoms with Crippen LogP contribution in [0, 0.1) is 0 Å². The second kappa shape index (κ2) is 5.44. The Bertz CT molecular complexity index is 467. The summed E-state index contributed by atoms with van der Waals surface area (Å²) in [4.78, 5) is 1.18. The molecule has 0 aromatic heterocycles. The van der Waals surface area contributed by atoms with Crippen LogP contribution in [0.25, 0.3) is 0 Å². The van der Waals surface area contributed by atoms with Crippen molar-refractivity contribution < 1.29 is 8.42 Å². The molecule has 90 valence electrons. The molecule has 0 aliphatic heterocycles. The zero-order valence-electron chi connectivity index (χ0n) is 9.21. The Morgan fingerprint density at radius 3 is 2.25 bits per heavy atom. The number of hydrogen-bond acceptors (Lipinski definition) is 4. The van der Waals surface area contributed by atoms with Gasteiger partial charge in [-0.15, -0.1) is 25.3 Å². The van der Waals surface area contributed by atoms with Crippen molar-refractivity contribution in [2.45, 2.75) is 28.5 Å². The van der Waals surface area contributed by atoms with Crippen molar-refractivity contribution in [3.8, 4) is 0 Å². The topological polar surface area (TPSA) is 37.4 Å². The van der Waals surface area contributed by atoms with E-state index in [4.69, 9.17) is 0 Å². The fourth-order valence-electron chi connectivity index (χ4n) is 1.42. The molecule has 6 heteroatoms. The van der Waals surface area contributed by atoms with Crippen LogP contribution in [0.4, 0.5) is 0 Å². The molecule has 0 saturated heterocycles. The van der Waals surface area contributed by atoms with Crippen LogP contribution in [-0.2, 0) is 10.0 Å².